The predicted molar refractivity (Wildman–Crippen MR) is 129 cm³/mol. The summed E-state index contributed by atoms with van der Waals surface area (Å²) in [5.74, 6) is 1.60. The van der Waals surface area contributed by atoms with E-state index >= 15 is 0 Å². The summed E-state index contributed by atoms with van der Waals surface area (Å²) in [5.41, 5.74) is 3.96. The maximum absolute atomic E-state index is 12.7. The molecule has 1 amide bonds. The summed E-state index contributed by atoms with van der Waals surface area (Å²) in [6.45, 7) is 2.98. The first-order chi connectivity index (χ1) is 17.1. The van der Waals surface area contributed by atoms with Gasteiger partial charge < -0.3 is 24.3 Å². The van der Waals surface area contributed by atoms with Crippen LogP contribution in [0.2, 0.25) is 0 Å². The van der Waals surface area contributed by atoms with Gasteiger partial charge in [-0.2, -0.15) is 4.98 Å². The summed E-state index contributed by atoms with van der Waals surface area (Å²) < 4.78 is 23.1. The molecule has 0 fully saturated rings. The first-order valence-corrected chi connectivity index (χ1v) is 11.1. The van der Waals surface area contributed by atoms with Crippen LogP contribution in [0.25, 0.3) is 17.1 Å². The summed E-state index contributed by atoms with van der Waals surface area (Å²) in [6.07, 6.45) is 0. The fourth-order valence-electron chi connectivity index (χ4n) is 3.57. The van der Waals surface area contributed by atoms with Crippen LogP contribution < -0.4 is 19.5 Å². The van der Waals surface area contributed by atoms with E-state index < -0.39 is 0 Å². The molecular formula is C26H24N4O5. The van der Waals surface area contributed by atoms with Crippen molar-refractivity contribution in [3.05, 3.63) is 77.9 Å². The third-order valence-electron chi connectivity index (χ3n) is 5.42. The molecule has 35 heavy (non-hydrogen) atoms. The van der Waals surface area contributed by atoms with Crippen molar-refractivity contribution in [1.29, 1.82) is 0 Å². The first kappa shape index (κ1) is 22.4. The van der Waals surface area contributed by atoms with E-state index in [1.165, 1.54) is 0 Å². The molecule has 4 aromatic rings. The van der Waals surface area contributed by atoms with E-state index in [4.69, 9.17) is 18.9 Å². The quantitative estimate of drug-likeness (QED) is 0.383. The van der Waals surface area contributed by atoms with Gasteiger partial charge in [0, 0.05) is 23.9 Å². The third-order valence-corrected chi connectivity index (χ3v) is 5.42. The smallest absolute Gasteiger partial charge is 0.336 e. The number of carbonyl (C=O) groups is 1. The van der Waals surface area contributed by atoms with Gasteiger partial charge in [0.2, 0.25) is 6.79 Å². The van der Waals surface area contributed by atoms with Gasteiger partial charge in [0.1, 0.15) is 6.61 Å². The first-order valence-electron chi connectivity index (χ1n) is 11.1. The number of hydrogen-bond donors (Lipinski definition) is 1. The van der Waals surface area contributed by atoms with Crippen LogP contribution in [0.4, 0.5) is 5.69 Å². The largest absolute Gasteiger partial charge is 0.460 e. The molecule has 1 aromatic heterocycles. The van der Waals surface area contributed by atoms with E-state index in [2.05, 4.69) is 15.4 Å². The van der Waals surface area contributed by atoms with Gasteiger partial charge in [0.25, 0.3) is 5.91 Å². The standard InChI is InChI=1S/C26H24N4O5/c1-17-3-5-18(6-4-17)24-28-26(33-14-13-32-2)29-30(24)21-10-8-20(9-11-21)27-25(31)19-7-12-22-23(15-19)35-16-34-22/h3-12,15H,13-14,16H2,1-2H3,(H,27,31). The topological polar surface area (TPSA) is 96.7 Å². The molecule has 5 rings (SSSR count). The number of ether oxygens (including phenoxy) is 4. The van der Waals surface area contributed by atoms with Gasteiger partial charge in [-0.05, 0) is 49.4 Å². The highest BCUT2D eigenvalue weighted by Crippen LogP contribution is 2.32. The number of hydrogen-bond acceptors (Lipinski definition) is 7. The molecule has 3 aromatic carbocycles. The van der Waals surface area contributed by atoms with Crippen LogP contribution in [-0.2, 0) is 4.74 Å². The minimum atomic E-state index is -0.244. The zero-order valence-electron chi connectivity index (χ0n) is 19.4. The van der Waals surface area contributed by atoms with E-state index in [0.717, 1.165) is 16.8 Å². The fourth-order valence-corrected chi connectivity index (χ4v) is 3.57. The Morgan fingerprint density at radius 1 is 1.00 bits per heavy atom. The van der Waals surface area contributed by atoms with Gasteiger partial charge in [-0.3, -0.25) is 4.79 Å². The Morgan fingerprint density at radius 2 is 1.77 bits per heavy atom. The van der Waals surface area contributed by atoms with Gasteiger partial charge >= 0.3 is 6.01 Å². The van der Waals surface area contributed by atoms with Crippen LogP contribution >= 0.6 is 0 Å². The van der Waals surface area contributed by atoms with E-state index in [-0.39, 0.29) is 18.7 Å². The van der Waals surface area contributed by atoms with E-state index in [9.17, 15) is 4.79 Å². The van der Waals surface area contributed by atoms with Crippen molar-refractivity contribution in [1.82, 2.24) is 14.8 Å². The number of carbonyl (C=O) groups excluding carboxylic acids is 1. The van der Waals surface area contributed by atoms with Crippen LogP contribution in [-0.4, -0.2) is 47.8 Å². The Bertz CT molecular complexity index is 1330. The predicted octanol–water partition coefficient (Wildman–Crippen LogP) is 4.25. The second-order valence-corrected chi connectivity index (χ2v) is 7.91. The summed E-state index contributed by atoms with van der Waals surface area (Å²) in [6, 6.07) is 20.7. The van der Waals surface area contributed by atoms with Crippen molar-refractivity contribution < 1.29 is 23.7 Å². The molecule has 9 heteroatoms. The molecular weight excluding hydrogens is 448 g/mol. The van der Waals surface area contributed by atoms with Crippen LogP contribution in [0.3, 0.4) is 0 Å². The number of amides is 1. The minimum Gasteiger partial charge on any atom is -0.460 e. The number of methoxy groups -OCH3 is 1. The van der Waals surface area contributed by atoms with Crippen LogP contribution in [0, 0.1) is 6.92 Å². The molecule has 1 aliphatic heterocycles. The Morgan fingerprint density at radius 3 is 2.54 bits per heavy atom. The summed E-state index contributed by atoms with van der Waals surface area (Å²) in [4.78, 5) is 17.3. The SMILES string of the molecule is COCCOc1nc(-c2ccc(C)cc2)n(-c2ccc(NC(=O)c3ccc4c(c3)OCO4)cc2)n1. The lowest BCUT2D eigenvalue weighted by atomic mass is 10.1. The second-order valence-electron chi connectivity index (χ2n) is 7.91. The number of benzene rings is 3. The van der Waals surface area contributed by atoms with E-state index in [1.807, 2.05) is 55.5 Å². The van der Waals surface area contributed by atoms with Crippen molar-refractivity contribution in [3.8, 4) is 34.6 Å². The third kappa shape index (κ3) is 4.95. The molecule has 1 N–H and O–H groups in total. The van der Waals surface area contributed by atoms with Gasteiger partial charge in [-0.25, -0.2) is 4.68 Å². The monoisotopic (exact) mass is 472 g/mol. The zero-order valence-corrected chi connectivity index (χ0v) is 19.4. The van der Waals surface area contributed by atoms with Crippen molar-refractivity contribution in [2.45, 2.75) is 6.92 Å². The van der Waals surface area contributed by atoms with Crippen molar-refractivity contribution >= 4 is 11.6 Å². The van der Waals surface area contributed by atoms with E-state index in [0.29, 0.717) is 41.8 Å². The number of fused-ring (bicyclic) bond motifs is 1. The Hall–Kier alpha value is -4.37. The van der Waals surface area contributed by atoms with Gasteiger partial charge in [0.15, 0.2) is 17.3 Å². The number of nitrogens with one attached hydrogen (secondary N) is 1. The van der Waals surface area contributed by atoms with Crippen molar-refractivity contribution in [3.63, 3.8) is 0 Å². The molecule has 0 atom stereocenters. The van der Waals surface area contributed by atoms with Crippen LogP contribution in [0.5, 0.6) is 17.5 Å². The van der Waals surface area contributed by atoms with Gasteiger partial charge in [0.05, 0.1) is 12.3 Å². The maximum Gasteiger partial charge on any atom is 0.336 e. The highest BCUT2D eigenvalue weighted by Gasteiger charge is 2.17. The molecule has 0 spiro atoms. The molecule has 9 nitrogen and oxygen atoms in total. The van der Waals surface area contributed by atoms with Gasteiger partial charge in [-0.15, -0.1) is 5.10 Å². The highest BCUT2D eigenvalue weighted by molar-refractivity contribution is 6.04. The molecule has 0 radical (unpaired) electrons. The summed E-state index contributed by atoms with van der Waals surface area (Å²) in [7, 11) is 1.61. The number of aromatic nitrogens is 3. The van der Waals surface area contributed by atoms with Crippen LogP contribution in [0.15, 0.2) is 66.7 Å². The molecule has 0 unspecified atom stereocenters. The molecule has 0 bridgehead atoms. The molecule has 2 heterocycles. The lowest BCUT2D eigenvalue weighted by molar-refractivity contribution is 0.102. The number of anilines is 1. The molecule has 178 valence electrons. The second kappa shape index (κ2) is 9.86. The summed E-state index contributed by atoms with van der Waals surface area (Å²) in [5, 5.41) is 7.44. The van der Waals surface area contributed by atoms with Gasteiger partial charge in [-0.1, -0.05) is 29.8 Å². The Balaban J connectivity index is 1.37. The number of aryl methyl sites for hydroxylation is 1. The summed E-state index contributed by atoms with van der Waals surface area (Å²) >= 11 is 0. The fraction of sp³-hybridized carbons (Fsp3) is 0.192. The number of rotatable bonds is 8. The van der Waals surface area contributed by atoms with Crippen molar-refractivity contribution in [2.75, 3.05) is 32.4 Å². The van der Waals surface area contributed by atoms with Crippen molar-refractivity contribution in [2.24, 2.45) is 0 Å². The Kier molecular flexibility index (Phi) is 6.32. The lowest BCUT2D eigenvalue weighted by Crippen LogP contribution is -2.12. The average Bonchev–Trinajstić information content (AvgIpc) is 3.52. The highest BCUT2D eigenvalue weighted by atomic mass is 16.7. The number of nitrogens with zero attached hydrogens (tertiary/aromatic N) is 3. The maximum atomic E-state index is 12.7. The van der Waals surface area contributed by atoms with Crippen LogP contribution in [0.1, 0.15) is 15.9 Å². The average molecular weight is 473 g/mol. The molecule has 0 saturated carbocycles. The van der Waals surface area contributed by atoms with E-state index in [1.54, 1.807) is 30.0 Å². The molecule has 1 aliphatic rings. The minimum absolute atomic E-state index is 0.161. The Labute approximate surface area is 202 Å². The zero-order chi connectivity index (χ0) is 24.2. The molecule has 0 saturated heterocycles. The normalized spacial score (nSPS) is 11.9. The molecule has 0 aliphatic carbocycles. The lowest BCUT2D eigenvalue weighted by Gasteiger charge is -2.09.